The fourth-order valence-electron chi connectivity index (χ4n) is 1.35. The quantitative estimate of drug-likeness (QED) is 0.856. The third-order valence-electron chi connectivity index (χ3n) is 2.04. The monoisotopic (exact) mass is 267 g/mol. The molecule has 0 unspecified atom stereocenters. The van der Waals surface area contributed by atoms with E-state index >= 15 is 0 Å². The van der Waals surface area contributed by atoms with Gasteiger partial charge < -0.3 is 5.32 Å². The lowest BCUT2D eigenvalue weighted by molar-refractivity contribution is -0.115. The summed E-state index contributed by atoms with van der Waals surface area (Å²) in [4.78, 5) is 11.2. The van der Waals surface area contributed by atoms with Crippen molar-refractivity contribution in [2.24, 2.45) is 0 Å². The van der Waals surface area contributed by atoms with Crippen molar-refractivity contribution in [3.63, 3.8) is 0 Å². The molecule has 0 saturated heterocycles. The molecule has 1 rings (SSSR count). The Morgan fingerprint density at radius 3 is 2.61 bits per heavy atom. The Kier molecular flexibility index (Phi) is 4.28. The van der Waals surface area contributed by atoms with Gasteiger partial charge in [-0.05, 0) is 30.7 Å². The number of aryl methyl sites for hydroxylation is 1. The predicted octanol–water partition coefficient (Wildman–Crippen LogP) is 1.22. The minimum Gasteiger partial charge on any atom is -0.325 e. The van der Waals surface area contributed by atoms with E-state index in [-0.39, 0.29) is 6.42 Å². The fraction of sp³-hybridized carbons (Fsp3) is 0.273. The molecule has 1 aromatic carbocycles. The van der Waals surface area contributed by atoms with Crippen molar-refractivity contribution in [1.29, 1.82) is 5.26 Å². The van der Waals surface area contributed by atoms with Crippen LogP contribution >= 0.6 is 0 Å². The van der Waals surface area contributed by atoms with E-state index in [1.807, 2.05) is 0 Å². The van der Waals surface area contributed by atoms with Gasteiger partial charge in [0.15, 0.2) is 0 Å². The Morgan fingerprint density at radius 2 is 2.11 bits per heavy atom. The minimum atomic E-state index is -3.32. The summed E-state index contributed by atoms with van der Waals surface area (Å²) < 4.78 is 24.4. The molecule has 0 bridgehead atoms. The molecule has 0 spiro atoms. The molecule has 2 N–H and O–H groups in total. The third kappa shape index (κ3) is 4.43. The number of hydrogen-bond acceptors (Lipinski definition) is 4. The highest BCUT2D eigenvalue weighted by molar-refractivity contribution is 7.92. The van der Waals surface area contributed by atoms with Crippen LogP contribution in [0.1, 0.15) is 12.0 Å². The van der Waals surface area contributed by atoms with Gasteiger partial charge in [-0.15, -0.1) is 0 Å². The van der Waals surface area contributed by atoms with Crippen molar-refractivity contribution in [2.75, 3.05) is 16.3 Å². The largest absolute Gasteiger partial charge is 0.325 e. The summed E-state index contributed by atoms with van der Waals surface area (Å²) in [6.45, 7) is 1.73. The topological polar surface area (TPSA) is 99.1 Å². The van der Waals surface area contributed by atoms with Crippen molar-refractivity contribution in [3.8, 4) is 6.07 Å². The molecule has 96 valence electrons. The smallest absolute Gasteiger partial charge is 0.238 e. The van der Waals surface area contributed by atoms with Crippen molar-refractivity contribution in [3.05, 3.63) is 23.8 Å². The Hall–Kier alpha value is -2.07. The van der Waals surface area contributed by atoms with Crippen molar-refractivity contribution >= 4 is 27.3 Å². The van der Waals surface area contributed by atoms with Gasteiger partial charge in [-0.25, -0.2) is 8.42 Å². The van der Waals surface area contributed by atoms with Gasteiger partial charge in [0.2, 0.25) is 15.9 Å². The van der Waals surface area contributed by atoms with Gasteiger partial charge in [0.05, 0.1) is 12.3 Å². The number of benzene rings is 1. The number of sulfonamides is 1. The van der Waals surface area contributed by atoms with Crippen molar-refractivity contribution < 1.29 is 13.2 Å². The van der Waals surface area contributed by atoms with E-state index in [2.05, 4.69) is 10.0 Å². The average Bonchev–Trinajstić information content (AvgIpc) is 2.20. The van der Waals surface area contributed by atoms with E-state index in [1.165, 1.54) is 6.07 Å². The highest BCUT2D eigenvalue weighted by Gasteiger charge is 2.07. The summed E-state index contributed by atoms with van der Waals surface area (Å²) in [5.41, 5.74) is 1.68. The number of nitriles is 1. The highest BCUT2D eigenvalue weighted by atomic mass is 32.2. The van der Waals surface area contributed by atoms with Gasteiger partial charge in [-0.2, -0.15) is 5.26 Å². The molecule has 0 aliphatic rings. The second-order valence-electron chi connectivity index (χ2n) is 3.79. The molecule has 0 atom stereocenters. The van der Waals surface area contributed by atoms with Crippen LogP contribution in [0.3, 0.4) is 0 Å². The first-order chi connectivity index (χ1) is 8.31. The normalized spacial score (nSPS) is 10.5. The highest BCUT2D eigenvalue weighted by Crippen LogP contribution is 2.20. The van der Waals surface area contributed by atoms with Crippen LogP contribution in [0, 0.1) is 18.3 Å². The Morgan fingerprint density at radius 1 is 1.44 bits per heavy atom. The van der Waals surface area contributed by atoms with Gasteiger partial charge in [-0.3, -0.25) is 9.52 Å². The molecule has 1 aromatic rings. The summed E-state index contributed by atoms with van der Waals surface area (Å²) in [5, 5.41) is 10.9. The average molecular weight is 267 g/mol. The molecule has 0 aliphatic heterocycles. The number of carbonyl (C=O) groups is 1. The molecular formula is C11H13N3O3S. The first-order valence-electron chi connectivity index (χ1n) is 5.07. The third-order valence-corrected chi connectivity index (χ3v) is 2.65. The summed E-state index contributed by atoms with van der Waals surface area (Å²) in [6, 6.07) is 6.47. The molecule has 7 heteroatoms. The van der Waals surface area contributed by atoms with Crippen LogP contribution in [-0.2, 0) is 14.8 Å². The second kappa shape index (κ2) is 5.51. The zero-order chi connectivity index (χ0) is 13.8. The van der Waals surface area contributed by atoms with Crippen LogP contribution in [-0.4, -0.2) is 20.6 Å². The molecular weight excluding hydrogens is 254 g/mol. The van der Waals surface area contributed by atoms with Gasteiger partial charge in [0.25, 0.3) is 0 Å². The Balaban J connectivity index is 2.87. The summed E-state index contributed by atoms with van der Waals surface area (Å²) in [6.07, 6.45) is 0.841. The first-order valence-corrected chi connectivity index (χ1v) is 6.96. The summed E-state index contributed by atoms with van der Waals surface area (Å²) in [7, 11) is -3.32. The molecule has 0 saturated carbocycles. The van der Waals surface area contributed by atoms with Crippen LogP contribution in [0.4, 0.5) is 11.4 Å². The Labute approximate surface area is 106 Å². The zero-order valence-electron chi connectivity index (χ0n) is 10.0. The molecule has 0 aliphatic carbocycles. The lowest BCUT2D eigenvalue weighted by Gasteiger charge is -2.10. The van der Waals surface area contributed by atoms with Gasteiger partial charge in [-0.1, -0.05) is 0 Å². The van der Waals surface area contributed by atoms with E-state index in [0.717, 1.165) is 6.26 Å². The zero-order valence-corrected chi connectivity index (χ0v) is 10.8. The molecule has 0 aromatic heterocycles. The summed E-state index contributed by atoms with van der Waals surface area (Å²) in [5.74, 6) is -0.399. The number of amides is 1. The first kappa shape index (κ1) is 14.0. The molecule has 18 heavy (non-hydrogen) atoms. The van der Waals surface area contributed by atoms with Crippen molar-refractivity contribution in [2.45, 2.75) is 13.3 Å². The van der Waals surface area contributed by atoms with Crippen LogP contribution in [0.2, 0.25) is 0 Å². The SMILES string of the molecule is Cc1cc(NS(C)(=O)=O)ccc1NC(=O)CC#N. The second-order valence-corrected chi connectivity index (χ2v) is 5.54. The van der Waals surface area contributed by atoms with Gasteiger partial charge >= 0.3 is 0 Å². The maximum absolute atomic E-state index is 11.2. The van der Waals surface area contributed by atoms with Gasteiger partial charge in [0.1, 0.15) is 6.42 Å². The van der Waals surface area contributed by atoms with Crippen LogP contribution in [0.5, 0.6) is 0 Å². The lowest BCUT2D eigenvalue weighted by Crippen LogP contribution is -2.12. The number of rotatable bonds is 4. The maximum atomic E-state index is 11.2. The van der Waals surface area contributed by atoms with Crippen LogP contribution in [0.25, 0.3) is 0 Å². The number of hydrogen-bond donors (Lipinski definition) is 2. The van der Waals surface area contributed by atoms with E-state index in [9.17, 15) is 13.2 Å². The number of nitrogens with one attached hydrogen (secondary N) is 2. The molecule has 0 fully saturated rings. The fourth-order valence-corrected chi connectivity index (χ4v) is 1.90. The van der Waals surface area contributed by atoms with Crippen LogP contribution < -0.4 is 10.0 Å². The molecule has 1 amide bonds. The predicted molar refractivity (Wildman–Crippen MR) is 68.5 cm³/mol. The van der Waals surface area contributed by atoms with E-state index in [1.54, 1.807) is 25.1 Å². The Bertz CT molecular complexity index is 602. The van der Waals surface area contributed by atoms with E-state index in [4.69, 9.17) is 5.26 Å². The lowest BCUT2D eigenvalue weighted by atomic mass is 10.2. The van der Waals surface area contributed by atoms with Crippen molar-refractivity contribution in [1.82, 2.24) is 0 Å². The molecule has 0 radical (unpaired) electrons. The molecule has 6 nitrogen and oxygen atoms in total. The van der Waals surface area contributed by atoms with Gasteiger partial charge in [0, 0.05) is 11.4 Å². The molecule has 0 heterocycles. The van der Waals surface area contributed by atoms with Crippen LogP contribution in [0.15, 0.2) is 18.2 Å². The number of carbonyl (C=O) groups excluding carboxylic acids is 1. The van der Waals surface area contributed by atoms with E-state index < -0.39 is 15.9 Å². The summed E-state index contributed by atoms with van der Waals surface area (Å²) >= 11 is 0. The van der Waals surface area contributed by atoms with E-state index in [0.29, 0.717) is 16.9 Å². The number of anilines is 2. The number of nitrogens with zero attached hydrogens (tertiary/aromatic N) is 1. The minimum absolute atomic E-state index is 0.219. The standard InChI is InChI=1S/C11H13N3O3S/c1-8-7-9(14-18(2,16)17)3-4-10(8)13-11(15)5-6-12/h3-4,7,14H,5H2,1-2H3,(H,13,15). The maximum Gasteiger partial charge on any atom is 0.238 e.